The standard InChI is InChI=1S/C15H22N4/c1-5-8-19-14(10-17-18-19)15(16-4)13-9-11(2)6-7-12(13)3/h6-7,9-10,15-16H,5,8H2,1-4H3. The highest BCUT2D eigenvalue weighted by Crippen LogP contribution is 2.25. The summed E-state index contributed by atoms with van der Waals surface area (Å²) in [7, 11) is 1.98. The summed E-state index contributed by atoms with van der Waals surface area (Å²) in [4.78, 5) is 0. The first-order valence-electron chi connectivity index (χ1n) is 6.80. The predicted molar refractivity (Wildman–Crippen MR) is 77.1 cm³/mol. The third-order valence-corrected chi connectivity index (χ3v) is 3.41. The van der Waals surface area contributed by atoms with Gasteiger partial charge < -0.3 is 5.32 Å². The molecule has 0 spiro atoms. The highest BCUT2D eigenvalue weighted by atomic mass is 15.4. The van der Waals surface area contributed by atoms with Crippen molar-refractivity contribution in [1.82, 2.24) is 20.3 Å². The lowest BCUT2D eigenvalue weighted by molar-refractivity contribution is 0.522. The molecule has 1 aromatic carbocycles. The monoisotopic (exact) mass is 258 g/mol. The van der Waals surface area contributed by atoms with Crippen molar-refractivity contribution in [2.24, 2.45) is 0 Å². The lowest BCUT2D eigenvalue weighted by Gasteiger charge is -2.20. The summed E-state index contributed by atoms with van der Waals surface area (Å²) in [5.41, 5.74) is 4.98. The quantitative estimate of drug-likeness (QED) is 0.896. The molecule has 1 unspecified atom stereocenters. The molecule has 0 amide bonds. The Balaban J connectivity index is 2.44. The summed E-state index contributed by atoms with van der Waals surface area (Å²) in [6, 6.07) is 6.69. The topological polar surface area (TPSA) is 42.7 Å². The molecule has 1 N–H and O–H groups in total. The molecule has 2 rings (SSSR count). The van der Waals surface area contributed by atoms with Crippen LogP contribution in [0, 0.1) is 13.8 Å². The predicted octanol–water partition coefficient (Wildman–Crippen LogP) is 2.61. The molecule has 1 aromatic heterocycles. The number of benzene rings is 1. The van der Waals surface area contributed by atoms with E-state index in [9.17, 15) is 0 Å². The van der Waals surface area contributed by atoms with Crippen molar-refractivity contribution in [2.45, 2.75) is 39.8 Å². The van der Waals surface area contributed by atoms with Crippen LogP contribution in [0.4, 0.5) is 0 Å². The second-order valence-corrected chi connectivity index (χ2v) is 4.96. The zero-order chi connectivity index (χ0) is 13.8. The van der Waals surface area contributed by atoms with Gasteiger partial charge in [0, 0.05) is 6.54 Å². The first-order chi connectivity index (χ1) is 9.17. The van der Waals surface area contributed by atoms with Crippen molar-refractivity contribution in [1.29, 1.82) is 0 Å². The van der Waals surface area contributed by atoms with Gasteiger partial charge >= 0.3 is 0 Å². The molecule has 4 nitrogen and oxygen atoms in total. The van der Waals surface area contributed by atoms with E-state index in [2.05, 4.69) is 54.6 Å². The Kier molecular flexibility index (Phi) is 4.32. The summed E-state index contributed by atoms with van der Waals surface area (Å²) in [6.45, 7) is 7.32. The lowest BCUT2D eigenvalue weighted by Crippen LogP contribution is -2.22. The Morgan fingerprint density at radius 2 is 2.11 bits per heavy atom. The van der Waals surface area contributed by atoms with Crippen LogP contribution in [0.5, 0.6) is 0 Å². The minimum atomic E-state index is 0.140. The van der Waals surface area contributed by atoms with Gasteiger partial charge in [0.2, 0.25) is 0 Å². The fourth-order valence-electron chi connectivity index (χ4n) is 2.41. The Bertz CT molecular complexity index is 545. The molecule has 0 saturated heterocycles. The molecule has 0 aliphatic rings. The van der Waals surface area contributed by atoms with Crippen LogP contribution in [0.25, 0.3) is 0 Å². The maximum absolute atomic E-state index is 4.18. The number of nitrogens with one attached hydrogen (secondary N) is 1. The molecule has 1 heterocycles. The van der Waals surface area contributed by atoms with E-state index < -0.39 is 0 Å². The molecule has 0 aliphatic carbocycles. The summed E-state index contributed by atoms with van der Waals surface area (Å²) < 4.78 is 1.99. The Morgan fingerprint density at radius 3 is 2.79 bits per heavy atom. The van der Waals surface area contributed by atoms with Crippen LogP contribution < -0.4 is 5.32 Å². The van der Waals surface area contributed by atoms with E-state index in [-0.39, 0.29) is 6.04 Å². The zero-order valence-corrected chi connectivity index (χ0v) is 12.1. The SMILES string of the molecule is CCCn1nncc1C(NC)c1cc(C)ccc1C. The van der Waals surface area contributed by atoms with Gasteiger partial charge in [0.25, 0.3) is 0 Å². The van der Waals surface area contributed by atoms with Gasteiger partial charge in [-0.1, -0.05) is 35.9 Å². The molecule has 19 heavy (non-hydrogen) atoms. The van der Waals surface area contributed by atoms with E-state index in [1.807, 2.05) is 17.9 Å². The first-order valence-corrected chi connectivity index (χ1v) is 6.80. The van der Waals surface area contributed by atoms with Crippen LogP contribution in [-0.4, -0.2) is 22.0 Å². The third-order valence-electron chi connectivity index (χ3n) is 3.41. The van der Waals surface area contributed by atoms with Gasteiger partial charge in [0.1, 0.15) is 0 Å². The Hall–Kier alpha value is -1.68. The maximum atomic E-state index is 4.18. The van der Waals surface area contributed by atoms with Gasteiger partial charge in [-0.15, -0.1) is 5.10 Å². The second-order valence-electron chi connectivity index (χ2n) is 4.96. The molecule has 0 fully saturated rings. The van der Waals surface area contributed by atoms with Crippen LogP contribution in [0.15, 0.2) is 24.4 Å². The molecular formula is C15H22N4. The number of nitrogens with zero attached hydrogens (tertiary/aromatic N) is 3. The van der Waals surface area contributed by atoms with E-state index in [0.717, 1.165) is 18.7 Å². The second kappa shape index (κ2) is 5.97. The fourth-order valence-corrected chi connectivity index (χ4v) is 2.41. The van der Waals surface area contributed by atoms with Crippen molar-refractivity contribution >= 4 is 0 Å². The molecule has 0 bridgehead atoms. The average molecular weight is 258 g/mol. The van der Waals surface area contributed by atoms with Crippen LogP contribution in [-0.2, 0) is 6.54 Å². The van der Waals surface area contributed by atoms with Crippen LogP contribution in [0.1, 0.15) is 41.8 Å². The van der Waals surface area contributed by atoms with Gasteiger partial charge in [-0.05, 0) is 38.4 Å². The third kappa shape index (κ3) is 2.84. The Labute approximate surface area is 114 Å². The van der Waals surface area contributed by atoms with Gasteiger partial charge in [0.05, 0.1) is 17.9 Å². The summed E-state index contributed by atoms with van der Waals surface area (Å²) in [5.74, 6) is 0. The van der Waals surface area contributed by atoms with Crippen LogP contribution in [0.3, 0.4) is 0 Å². The van der Waals surface area contributed by atoms with E-state index in [1.54, 1.807) is 0 Å². The number of aryl methyl sites for hydroxylation is 3. The average Bonchev–Trinajstić information content (AvgIpc) is 2.83. The highest BCUT2D eigenvalue weighted by Gasteiger charge is 2.19. The van der Waals surface area contributed by atoms with Crippen molar-refractivity contribution in [3.8, 4) is 0 Å². The van der Waals surface area contributed by atoms with Crippen molar-refractivity contribution in [3.05, 3.63) is 46.8 Å². The van der Waals surface area contributed by atoms with E-state index in [0.29, 0.717) is 0 Å². The van der Waals surface area contributed by atoms with E-state index >= 15 is 0 Å². The van der Waals surface area contributed by atoms with Crippen molar-refractivity contribution in [2.75, 3.05) is 7.05 Å². The van der Waals surface area contributed by atoms with Crippen LogP contribution in [0.2, 0.25) is 0 Å². The van der Waals surface area contributed by atoms with Gasteiger partial charge in [0.15, 0.2) is 0 Å². The van der Waals surface area contributed by atoms with Crippen molar-refractivity contribution in [3.63, 3.8) is 0 Å². The Morgan fingerprint density at radius 1 is 1.32 bits per heavy atom. The summed E-state index contributed by atoms with van der Waals surface area (Å²) in [6.07, 6.45) is 2.91. The minimum absolute atomic E-state index is 0.140. The molecule has 4 heteroatoms. The molecule has 0 saturated carbocycles. The van der Waals surface area contributed by atoms with E-state index in [1.165, 1.54) is 16.7 Å². The summed E-state index contributed by atoms with van der Waals surface area (Å²) >= 11 is 0. The number of hydrogen-bond acceptors (Lipinski definition) is 3. The number of rotatable bonds is 5. The van der Waals surface area contributed by atoms with Gasteiger partial charge in [-0.3, -0.25) is 0 Å². The maximum Gasteiger partial charge on any atom is 0.0802 e. The molecule has 0 radical (unpaired) electrons. The van der Waals surface area contributed by atoms with Crippen molar-refractivity contribution < 1.29 is 0 Å². The lowest BCUT2D eigenvalue weighted by atomic mass is 9.97. The van der Waals surface area contributed by atoms with E-state index in [4.69, 9.17) is 0 Å². The minimum Gasteiger partial charge on any atom is -0.308 e. The summed E-state index contributed by atoms with van der Waals surface area (Å²) in [5, 5.41) is 11.6. The van der Waals surface area contributed by atoms with Crippen LogP contribution >= 0.6 is 0 Å². The molecule has 102 valence electrons. The first kappa shape index (κ1) is 13.7. The largest absolute Gasteiger partial charge is 0.308 e. The smallest absolute Gasteiger partial charge is 0.0802 e. The fraction of sp³-hybridized carbons (Fsp3) is 0.467. The molecule has 2 aromatic rings. The molecule has 1 atom stereocenters. The normalized spacial score (nSPS) is 12.6. The van der Waals surface area contributed by atoms with Gasteiger partial charge in [-0.25, -0.2) is 4.68 Å². The highest BCUT2D eigenvalue weighted by molar-refractivity contribution is 5.36. The van der Waals surface area contributed by atoms with Gasteiger partial charge in [-0.2, -0.15) is 0 Å². The number of hydrogen-bond donors (Lipinski definition) is 1. The molecule has 0 aliphatic heterocycles. The zero-order valence-electron chi connectivity index (χ0n) is 12.1. The molecular weight excluding hydrogens is 236 g/mol. The number of aromatic nitrogens is 3.